The smallest absolute Gasteiger partial charge is 0.280 e. The first-order chi connectivity index (χ1) is 11.5. The van der Waals surface area contributed by atoms with Gasteiger partial charge in [0.15, 0.2) is 5.01 Å². The van der Waals surface area contributed by atoms with Gasteiger partial charge in [0.1, 0.15) is 6.61 Å². The fourth-order valence-electron chi connectivity index (χ4n) is 3.29. The Morgan fingerprint density at radius 3 is 2.75 bits per heavy atom. The second kappa shape index (κ2) is 7.19. The van der Waals surface area contributed by atoms with E-state index in [-0.39, 0.29) is 24.5 Å². The molecule has 1 N–H and O–H groups in total. The van der Waals surface area contributed by atoms with Crippen LogP contribution >= 0.6 is 11.3 Å². The molecule has 1 aliphatic carbocycles. The van der Waals surface area contributed by atoms with Crippen molar-refractivity contribution in [2.45, 2.75) is 38.6 Å². The minimum atomic E-state index is -0.122. The SMILES string of the molecule is COCC(=O)N1C[C@H](NC(=O)c2nc(C(C)C)cs2)[C@@H](C2CC2)C1. The van der Waals surface area contributed by atoms with Crippen molar-refractivity contribution in [2.75, 3.05) is 26.8 Å². The fraction of sp³-hybridized carbons (Fsp3) is 0.706. The van der Waals surface area contributed by atoms with E-state index in [4.69, 9.17) is 4.74 Å². The number of carbonyl (C=O) groups excluding carboxylic acids is 2. The third kappa shape index (κ3) is 3.78. The van der Waals surface area contributed by atoms with Gasteiger partial charge in [0.05, 0.1) is 11.7 Å². The Morgan fingerprint density at radius 2 is 2.17 bits per heavy atom. The molecule has 132 valence electrons. The molecule has 2 heterocycles. The van der Waals surface area contributed by atoms with Gasteiger partial charge in [-0.3, -0.25) is 9.59 Å². The van der Waals surface area contributed by atoms with Crippen molar-refractivity contribution in [1.82, 2.24) is 15.2 Å². The second-order valence-corrected chi connectivity index (χ2v) is 7.90. The Morgan fingerprint density at radius 1 is 1.42 bits per heavy atom. The summed E-state index contributed by atoms with van der Waals surface area (Å²) >= 11 is 1.39. The molecule has 1 saturated carbocycles. The van der Waals surface area contributed by atoms with Crippen LogP contribution in [0.1, 0.15) is 48.1 Å². The predicted octanol–water partition coefficient (Wildman–Crippen LogP) is 1.88. The number of methoxy groups -OCH3 is 1. The van der Waals surface area contributed by atoms with Gasteiger partial charge in [0.2, 0.25) is 5.91 Å². The van der Waals surface area contributed by atoms with Gasteiger partial charge in [-0.1, -0.05) is 13.8 Å². The highest BCUT2D eigenvalue weighted by Crippen LogP contribution is 2.41. The summed E-state index contributed by atoms with van der Waals surface area (Å²) in [6.07, 6.45) is 2.39. The summed E-state index contributed by atoms with van der Waals surface area (Å²) in [5.74, 6) is 1.16. The molecule has 2 aliphatic rings. The minimum absolute atomic E-state index is 0.00348. The van der Waals surface area contributed by atoms with Crippen molar-refractivity contribution >= 4 is 23.2 Å². The van der Waals surface area contributed by atoms with Gasteiger partial charge < -0.3 is 15.0 Å². The number of ether oxygens (including phenoxy) is 1. The highest BCUT2D eigenvalue weighted by molar-refractivity contribution is 7.11. The highest BCUT2D eigenvalue weighted by atomic mass is 32.1. The van der Waals surface area contributed by atoms with Crippen LogP contribution in [0.2, 0.25) is 0 Å². The number of amides is 2. The van der Waals surface area contributed by atoms with Crippen molar-refractivity contribution in [1.29, 1.82) is 0 Å². The molecule has 1 saturated heterocycles. The Kier molecular flexibility index (Phi) is 5.20. The molecule has 2 atom stereocenters. The molecule has 24 heavy (non-hydrogen) atoms. The maximum atomic E-state index is 12.5. The molecule has 7 heteroatoms. The molecule has 1 aromatic rings. The van der Waals surface area contributed by atoms with Gasteiger partial charge in [-0.15, -0.1) is 11.3 Å². The quantitative estimate of drug-likeness (QED) is 0.849. The van der Waals surface area contributed by atoms with Crippen LogP contribution in [0.5, 0.6) is 0 Å². The molecule has 1 aliphatic heterocycles. The standard InChI is InChI=1S/C17H25N3O3S/c1-10(2)14-9-24-17(19-14)16(22)18-13-7-20(15(21)8-23-3)6-12(13)11-4-5-11/h9-13H,4-8H2,1-3H3,(H,18,22)/t12-,13+/m1/s1. The zero-order valence-corrected chi connectivity index (χ0v) is 15.3. The van der Waals surface area contributed by atoms with Gasteiger partial charge in [-0.25, -0.2) is 4.98 Å². The van der Waals surface area contributed by atoms with E-state index in [1.165, 1.54) is 31.3 Å². The molecule has 2 fully saturated rings. The summed E-state index contributed by atoms with van der Waals surface area (Å²) < 4.78 is 4.95. The molecule has 0 radical (unpaired) electrons. The Labute approximate surface area is 146 Å². The molecule has 6 nitrogen and oxygen atoms in total. The van der Waals surface area contributed by atoms with Crippen LogP contribution in [0.4, 0.5) is 0 Å². The number of nitrogens with one attached hydrogen (secondary N) is 1. The highest BCUT2D eigenvalue weighted by Gasteiger charge is 2.44. The number of thiazole rings is 1. The van der Waals surface area contributed by atoms with E-state index in [0.717, 1.165) is 5.69 Å². The van der Waals surface area contributed by atoms with Gasteiger partial charge in [-0.05, 0) is 24.7 Å². The topological polar surface area (TPSA) is 71.5 Å². The van der Waals surface area contributed by atoms with Crippen LogP contribution in [-0.4, -0.2) is 54.5 Å². The summed E-state index contributed by atoms with van der Waals surface area (Å²) in [7, 11) is 1.53. The Bertz CT molecular complexity index is 612. The summed E-state index contributed by atoms with van der Waals surface area (Å²) in [5.41, 5.74) is 0.951. The zero-order valence-electron chi connectivity index (χ0n) is 14.4. The average molecular weight is 351 g/mol. The van der Waals surface area contributed by atoms with Crippen molar-refractivity contribution in [3.05, 3.63) is 16.1 Å². The normalized spacial score (nSPS) is 23.8. The molecule has 3 rings (SSSR count). The molecular formula is C17H25N3O3S. The van der Waals surface area contributed by atoms with E-state index < -0.39 is 0 Å². The van der Waals surface area contributed by atoms with Crippen LogP contribution in [0.25, 0.3) is 0 Å². The van der Waals surface area contributed by atoms with E-state index in [1.807, 2.05) is 10.3 Å². The maximum Gasteiger partial charge on any atom is 0.280 e. The van der Waals surface area contributed by atoms with E-state index >= 15 is 0 Å². The first-order valence-electron chi connectivity index (χ1n) is 8.52. The van der Waals surface area contributed by atoms with E-state index in [0.29, 0.717) is 35.9 Å². The molecule has 0 unspecified atom stereocenters. The lowest BCUT2D eigenvalue weighted by atomic mass is 9.98. The third-order valence-corrected chi connectivity index (χ3v) is 5.70. The van der Waals surface area contributed by atoms with Crippen LogP contribution in [0, 0.1) is 11.8 Å². The lowest BCUT2D eigenvalue weighted by molar-refractivity contribution is -0.134. The van der Waals surface area contributed by atoms with Gasteiger partial charge in [0, 0.05) is 31.5 Å². The molecule has 2 amide bonds. The number of aromatic nitrogens is 1. The van der Waals surface area contributed by atoms with Gasteiger partial charge in [-0.2, -0.15) is 0 Å². The third-order valence-electron chi connectivity index (χ3n) is 4.84. The van der Waals surface area contributed by atoms with Crippen LogP contribution in [0.3, 0.4) is 0 Å². The average Bonchev–Trinajstić information content (AvgIpc) is 3.10. The molecule has 0 spiro atoms. The van der Waals surface area contributed by atoms with Crippen LogP contribution in [0.15, 0.2) is 5.38 Å². The number of nitrogens with zero attached hydrogens (tertiary/aromatic N) is 2. The van der Waals surface area contributed by atoms with Crippen molar-refractivity contribution < 1.29 is 14.3 Å². The summed E-state index contributed by atoms with van der Waals surface area (Å²) in [6.45, 7) is 5.51. The van der Waals surface area contributed by atoms with Crippen LogP contribution < -0.4 is 5.32 Å². The van der Waals surface area contributed by atoms with E-state index in [9.17, 15) is 9.59 Å². The molecule has 0 bridgehead atoms. The van der Waals surface area contributed by atoms with Gasteiger partial charge >= 0.3 is 0 Å². The summed E-state index contributed by atoms with van der Waals surface area (Å²) in [6, 6.07) is 0.0113. The van der Waals surface area contributed by atoms with E-state index in [2.05, 4.69) is 24.1 Å². The number of carbonyl (C=O) groups is 2. The van der Waals surface area contributed by atoms with Crippen molar-refractivity contribution in [3.8, 4) is 0 Å². The number of rotatable bonds is 6. The van der Waals surface area contributed by atoms with Crippen LogP contribution in [-0.2, 0) is 9.53 Å². The largest absolute Gasteiger partial charge is 0.375 e. The zero-order chi connectivity index (χ0) is 17.3. The first-order valence-corrected chi connectivity index (χ1v) is 9.40. The lowest BCUT2D eigenvalue weighted by Crippen LogP contribution is -2.41. The first kappa shape index (κ1) is 17.4. The number of hydrogen-bond acceptors (Lipinski definition) is 5. The Balaban J connectivity index is 1.65. The summed E-state index contributed by atoms with van der Waals surface area (Å²) in [5, 5.41) is 5.57. The minimum Gasteiger partial charge on any atom is -0.375 e. The fourth-order valence-corrected chi connectivity index (χ4v) is 4.17. The van der Waals surface area contributed by atoms with E-state index in [1.54, 1.807) is 0 Å². The van der Waals surface area contributed by atoms with Crippen molar-refractivity contribution in [3.63, 3.8) is 0 Å². The molecule has 0 aromatic carbocycles. The monoisotopic (exact) mass is 351 g/mol. The lowest BCUT2D eigenvalue weighted by Gasteiger charge is -2.18. The van der Waals surface area contributed by atoms with Crippen molar-refractivity contribution in [2.24, 2.45) is 11.8 Å². The number of likely N-dealkylation sites (tertiary alicyclic amines) is 1. The summed E-state index contributed by atoms with van der Waals surface area (Å²) in [4.78, 5) is 30.9. The molecule has 1 aromatic heterocycles. The molecular weight excluding hydrogens is 326 g/mol. The number of hydrogen-bond donors (Lipinski definition) is 1. The van der Waals surface area contributed by atoms with Gasteiger partial charge in [0.25, 0.3) is 5.91 Å². The second-order valence-electron chi connectivity index (χ2n) is 7.05. The predicted molar refractivity (Wildman–Crippen MR) is 92.1 cm³/mol. The Hall–Kier alpha value is -1.47. The maximum absolute atomic E-state index is 12.5.